The number of likely N-dealkylation sites (tertiary alicyclic amines) is 1. The van der Waals surface area contributed by atoms with E-state index in [0.29, 0.717) is 37.2 Å². The topological polar surface area (TPSA) is 80.1 Å². The molecular formula is C15H23N5O2. The van der Waals surface area contributed by atoms with Crippen molar-refractivity contribution in [2.75, 3.05) is 26.8 Å². The van der Waals surface area contributed by atoms with E-state index in [1.807, 2.05) is 6.92 Å². The van der Waals surface area contributed by atoms with Crippen LogP contribution in [-0.4, -0.2) is 52.0 Å². The Balaban J connectivity index is 1.57. The lowest BCUT2D eigenvalue weighted by molar-refractivity contribution is 0.175. The maximum atomic E-state index is 5.33. The van der Waals surface area contributed by atoms with Crippen LogP contribution in [0.4, 0.5) is 0 Å². The maximum absolute atomic E-state index is 5.33. The van der Waals surface area contributed by atoms with E-state index in [-0.39, 0.29) is 0 Å². The van der Waals surface area contributed by atoms with Gasteiger partial charge >= 0.3 is 0 Å². The molecule has 1 fully saturated rings. The van der Waals surface area contributed by atoms with Gasteiger partial charge in [0.05, 0.1) is 18.8 Å². The van der Waals surface area contributed by atoms with Crippen LogP contribution < -0.4 is 0 Å². The number of hydrogen-bond donors (Lipinski definition) is 1. The molecule has 1 aliphatic rings. The van der Waals surface area contributed by atoms with Crippen LogP contribution in [0.5, 0.6) is 0 Å². The molecule has 0 spiro atoms. The molecule has 3 heterocycles. The van der Waals surface area contributed by atoms with Crippen LogP contribution in [0.3, 0.4) is 0 Å². The molecule has 0 unspecified atom stereocenters. The van der Waals surface area contributed by atoms with Crippen molar-refractivity contribution >= 4 is 0 Å². The number of aryl methyl sites for hydroxylation is 1. The van der Waals surface area contributed by atoms with Crippen LogP contribution in [-0.2, 0) is 17.7 Å². The normalized spacial score (nSPS) is 19.6. The van der Waals surface area contributed by atoms with Gasteiger partial charge in [0.15, 0.2) is 5.82 Å². The standard InChI is InChI=1S/C15H23N5O2/c1-11-8-13(18-17-11)12-4-3-6-20(9-12)10-15-16-14(19-22-15)5-7-21-2/h8,12H,3-7,9-10H2,1-2H3,(H,17,18)/t12-/m0/s1. The van der Waals surface area contributed by atoms with Gasteiger partial charge in [-0.3, -0.25) is 10.00 Å². The molecule has 0 aromatic carbocycles. The zero-order chi connectivity index (χ0) is 15.4. The molecule has 0 amide bonds. The fraction of sp³-hybridized carbons (Fsp3) is 0.667. The molecule has 0 radical (unpaired) electrons. The Hall–Kier alpha value is -1.73. The van der Waals surface area contributed by atoms with Gasteiger partial charge in [0.1, 0.15) is 0 Å². The van der Waals surface area contributed by atoms with Gasteiger partial charge in [0.2, 0.25) is 5.89 Å². The number of ether oxygens (including phenoxy) is 1. The zero-order valence-electron chi connectivity index (χ0n) is 13.2. The summed E-state index contributed by atoms with van der Waals surface area (Å²) in [5.74, 6) is 1.88. The summed E-state index contributed by atoms with van der Waals surface area (Å²) in [6.45, 7) is 5.41. The summed E-state index contributed by atoms with van der Waals surface area (Å²) in [7, 11) is 1.67. The van der Waals surface area contributed by atoms with Crippen molar-refractivity contribution < 1.29 is 9.26 Å². The van der Waals surface area contributed by atoms with Crippen molar-refractivity contribution in [3.05, 3.63) is 29.2 Å². The van der Waals surface area contributed by atoms with E-state index in [0.717, 1.165) is 24.5 Å². The average Bonchev–Trinajstić information content (AvgIpc) is 3.15. The maximum Gasteiger partial charge on any atom is 0.240 e. The van der Waals surface area contributed by atoms with Crippen molar-refractivity contribution in [1.29, 1.82) is 0 Å². The van der Waals surface area contributed by atoms with Crippen molar-refractivity contribution in [3.63, 3.8) is 0 Å². The van der Waals surface area contributed by atoms with E-state index in [9.17, 15) is 0 Å². The summed E-state index contributed by atoms with van der Waals surface area (Å²) in [5.41, 5.74) is 2.28. The van der Waals surface area contributed by atoms with E-state index in [1.165, 1.54) is 12.8 Å². The molecule has 1 atom stereocenters. The Kier molecular flexibility index (Phi) is 4.84. The molecule has 2 aromatic rings. The van der Waals surface area contributed by atoms with Crippen LogP contribution in [0.1, 0.15) is 41.9 Å². The molecule has 0 saturated carbocycles. The number of methoxy groups -OCH3 is 1. The van der Waals surface area contributed by atoms with Crippen molar-refractivity contribution in [2.24, 2.45) is 0 Å². The van der Waals surface area contributed by atoms with Gasteiger partial charge in [-0.15, -0.1) is 0 Å². The minimum absolute atomic E-state index is 0.481. The molecule has 0 bridgehead atoms. The lowest BCUT2D eigenvalue weighted by Gasteiger charge is -2.30. The number of piperidine rings is 1. The van der Waals surface area contributed by atoms with Gasteiger partial charge in [-0.05, 0) is 32.4 Å². The quantitative estimate of drug-likeness (QED) is 0.874. The highest BCUT2D eigenvalue weighted by Gasteiger charge is 2.24. The highest BCUT2D eigenvalue weighted by atomic mass is 16.5. The Morgan fingerprint density at radius 2 is 2.41 bits per heavy atom. The van der Waals surface area contributed by atoms with Crippen molar-refractivity contribution in [3.8, 4) is 0 Å². The number of rotatable bonds is 6. The van der Waals surface area contributed by atoms with Gasteiger partial charge in [0, 0.05) is 31.7 Å². The van der Waals surface area contributed by atoms with Gasteiger partial charge in [-0.2, -0.15) is 10.1 Å². The van der Waals surface area contributed by atoms with Crippen LogP contribution in [0.2, 0.25) is 0 Å². The number of aromatic nitrogens is 4. The zero-order valence-corrected chi connectivity index (χ0v) is 13.2. The largest absolute Gasteiger partial charge is 0.384 e. The van der Waals surface area contributed by atoms with E-state index >= 15 is 0 Å². The van der Waals surface area contributed by atoms with Crippen molar-refractivity contribution in [2.45, 2.75) is 38.6 Å². The van der Waals surface area contributed by atoms with Gasteiger partial charge in [0.25, 0.3) is 0 Å². The molecule has 2 aromatic heterocycles. The Bertz CT molecular complexity index is 594. The predicted molar refractivity (Wildman–Crippen MR) is 80.5 cm³/mol. The summed E-state index contributed by atoms with van der Waals surface area (Å²) in [6, 6.07) is 2.14. The Morgan fingerprint density at radius 1 is 1.50 bits per heavy atom. The molecule has 1 N–H and O–H groups in total. The fourth-order valence-electron chi connectivity index (χ4n) is 2.93. The second-order valence-corrected chi connectivity index (χ2v) is 5.90. The predicted octanol–water partition coefficient (Wildman–Crippen LogP) is 1.67. The molecule has 7 nitrogen and oxygen atoms in total. The van der Waals surface area contributed by atoms with Crippen LogP contribution in [0.15, 0.2) is 10.6 Å². The van der Waals surface area contributed by atoms with Gasteiger partial charge in [-0.1, -0.05) is 5.16 Å². The Labute approximate surface area is 130 Å². The third-order valence-corrected chi connectivity index (χ3v) is 4.05. The highest BCUT2D eigenvalue weighted by Crippen LogP contribution is 2.26. The monoisotopic (exact) mass is 305 g/mol. The van der Waals surface area contributed by atoms with Crippen LogP contribution >= 0.6 is 0 Å². The third-order valence-electron chi connectivity index (χ3n) is 4.05. The number of H-pyrrole nitrogens is 1. The molecule has 3 rings (SSSR count). The summed E-state index contributed by atoms with van der Waals surface area (Å²) >= 11 is 0. The van der Waals surface area contributed by atoms with Crippen LogP contribution in [0.25, 0.3) is 0 Å². The summed E-state index contributed by atoms with van der Waals surface area (Å²) in [4.78, 5) is 6.79. The summed E-state index contributed by atoms with van der Waals surface area (Å²) in [5, 5.41) is 11.4. The third kappa shape index (κ3) is 3.72. The molecule has 1 saturated heterocycles. The second kappa shape index (κ2) is 7.02. The summed E-state index contributed by atoms with van der Waals surface area (Å²) < 4.78 is 10.4. The number of nitrogens with one attached hydrogen (secondary N) is 1. The minimum Gasteiger partial charge on any atom is -0.384 e. The van der Waals surface area contributed by atoms with E-state index in [1.54, 1.807) is 7.11 Å². The SMILES string of the molecule is COCCc1noc(CN2CCC[C@H](c3cc(C)[nH]n3)C2)n1. The van der Waals surface area contributed by atoms with E-state index < -0.39 is 0 Å². The van der Waals surface area contributed by atoms with Gasteiger partial charge in [-0.25, -0.2) is 0 Å². The first-order valence-electron chi connectivity index (χ1n) is 7.79. The van der Waals surface area contributed by atoms with Crippen molar-refractivity contribution in [1.82, 2.24) is 25.2 Å². The highest BCUT2D eigenvalue weighted by molar-refractivity contribution is 5.13. The molecule has 0 aliphatic carbocycles. The lowest BCUT2D eigenvalue weighted by atomic mass is 9.95. The van der Waals surface area contributed by atoms with E-state index in [2.05, 4.69) is 31.3 Å². The molecule has 7 heteroatoms. The Morgan fingerprint density at radius 3 is 3.18 bits per heavy atom. The molecular weight excluding hydrogens is 282 g/mol. The number of nitrogens with zero attached hydrogens (tertiary/aromatic N) is 4. The summed E-state index contributed by atoms with van der Waals surface area (Å²) in [6.07, 6.45) is 3.04. The average molecular weight is 305 g/mol. The number of aromatic amines is 1. The first-order chi connectivity index (χ1) is 10.7. The molecule has 120 valence electrons. The first kappa shape index (κ1) is 15.2. The van der Waals surface area contributed by atoms with Crippen LogP contribution in [0, 0.1) is 6.92 Å². The molecule has 1 aliphatic heterocycles. The first-order valence-corrected chi connectivity index (χ1v) is 7.79. The van der Waals surface area contributed by atoms with E-state index in [4.69, 9.17) is 9.26 Å². The number of hydrogen-bond acceptors (Lipinski definition) is 6. The smallest absolute Gasteiger partial charge is 0.240 e. The molecule has 22 heavy (non-hydrogen) atoms. The lowest BCUT2D eigenvalue weighted by Crippen LogP contribution is -2.34. The van der Waals surface area contributed by atoms with Gasteiger partial charge < -0.3 is 9.26 Å². The second-order valence-electron chi connectivity index (χ2n) is 5.90. The fourth-order valence-corrected chi connectivity index (χ4v) is 2.93. The minimum atomic E-state index is 0.481.